The van der Waals surface area contributed by atoms with Crippen LogP contribution in [-0.4, -0.2) is 16.2 Å². The van der Waals surface area contributed by atoms with E-state index in [0.29, 0.717) is 12.1 Å². The maximum Gasteiger partial charge on any atom is 0.416 e. The van der Waals surface area contributed by atoms with Crippen LogP contribution in [0.15, 0.2) is 12.1 Å². The van der Waals surface area contributed by atoms with E-state index < -0.39 is 34.4 Å². The molecule has 0 bridgehead atoms. The van der Waals surface area contributed by atoms with E-state index in [4.69, 9.17) is 16.7 Å². The Morgan fingerprint density at radius 1 is 1.44 bits per heavy atom. The van der Waals surface area contributed by atoms with Crippen molar-refractivity contribution in [3.63, 3.8) is 0 Å². The maximum atomic E-state index is 12.5. The third-order valence-corrected chi connectivity index (χ3v) is 2.71. The Morgan fingerprint density at radius 2 is 2.00 bits per heavy atom. The van der Waals surface area contributed by atoms with Crippen molar-refractivity contribution in [1.82, 2.24) is 0 Å². The van der Waals surface area contributed by atoms with Gasteiger partial charge >= 0.3 is 12.1 Å². The third-order valence-electron chi connectivity index (χ3n) is 2.42. The molecule has 0 saturated heterocycles. The number of carboxylic acid groups (broad SMARTS) is 1. The van der Waals surface area contributed by atoms with Crippen LogP contribution >= 0.6 is 11.6 Å². The zero-order chi connectivity index (χ0) is 14.1. The van der Waals surface area contributed by atoms with Crippen molar-refractivity contribution in [2.75, 3.05) is 0 Å². The number of carbonyl (C=O) groups is 1. The third kappa shape index (κ3) is 3.29. The largest absolute Gasteiger partial charge is 0.506 e. The summed E-state index contributed by atoms with van der Waals surface area (Å²) in [6.07, 6.45) is -4.83. The first-order chi connectivity index (χ1) is 8.12. The molecule has 1 aromatic rings. The molecule has 2 N–H and O–H groups in total. The van der Waals surface area contributed by atoms with Gasteiger partial charge in [0.05, 0.1) is 16.5 Å². The molecule has 1 atom stereocenters. The molecule has 1 unspecified atom stereocenters. The van der Waals surface area contributed by atoms with Crippen LogP contribution in [0.4, 0.5) is 13.2 Å². The van der Waals surface area contributed by atoms with Gasteiger partial charge in [-0.25, -0.2) is 0 Å². The average Bonchev–Trinajstić information content (AvgIpc) is 2.22. The molecule has 0 heterocycles. The molecule has 18 heavy (non-hydrogen) atoms. The molecule has 1 rings (SSSR count). The standard InChI is InChI=1S/C11H10ClF3O3/c1-5(10(17)18)2-6-3-7(11(13,14)15)4-8(12)9(6)16/h3-5,16H,2H2,1H3,(H,17,18). The quantitative estimate of drug-likeness (QED) is 0.894. The van der Waals surface area contributed by atoms with Crippen LogP contribution in [0.1, 0.15) is 18.1 Å². The van der Waals surface area contributed by atoms with Gasteiger partial charge in [-0.2, -0.15) is 13.2 Å². The lowest BCUT2D eigenvalue weighted by Gasteiger charge is -2.13. The van der Waals surface area contributed by atoms with Gasteiger partial charge in [0.1, 0.15) is 5.75 Å². The van der Waals surface area contributed by atoms with Gasteiger partial charge in [-0.05, 0) is 24.1 Å². The molecule has 7 heteroatoms. The fourth-order valence-electron chi connectivity index (χ4n) is 1.39. The lowest BCUT2D eigenvalue weighted by Crippen LogP contribution is -2.13. The van der Waals surface area contributed by atoms with Crippen LogP contribution in [0.2, 0.25) is 5.02 Å². The zero-order valence-electron chi connectivity index (χ0n) is 9.25. The molecule has 0 fully saturated rings. The lowest BCUT2D eigenvalue weighted by atomic mass is 9.98. The second-order valence-electron chi connectivity index (χ2n) is 3.91. The molecule has 0 saturated carbocycles. The van der Waals surface area contributed by atoms with Crippen molar-refractivity contribution in [2.24, 2.45) is 5.92 Å². The number of phenolic OH excluding ortho intramolecular Hbond substituents is 1. The van der Waals surface area contributed by atoms with Gasteiger partial charge in [-0.1, -0.05) is 18.5 Å². The Morgan fingerprint density at radius 3 is 2.44 bits per heavy atom. The van der Waals surface area contributed by atoms with Crippen LogP contribution in [-0.2, 0) is 17.4 Å². The number of carboxylic acids is 1. The molecular formula is C11H10ClF3O3. The van der Waals surface area contributed by atoms with E-state index in [1.807, 2.05) is 0 Å². The summed E-state index contributed by atoms with van der Waals surface area (Å²) in [6, 6.07) is 1.31. The molecule has 3 nitrogen and oxygen atoms in total. The smallest absolute Gasteiger partial charge is 0.416 e. The van der Waals surface area contributed by atoms with Gasteiger partial charge in [0.2, 0.25) is 0 Å². The van der Waals surface area contributed by atoms with Crippen molar-refractivity contribution in [3.8, 4) is 5.75 Å². The highest BCUT2D eigenvalue weighted by Gasteiger charge is 2.32. The van der Waals surface area contributed by atoms with E-state index in [0.717, 1.165) is 0 Å². The SMILES string of the molecule is CC(Cc1cc(C(F)(F)F)cc(Cl)c1O)C(=O)O. The summed E-state index contributed by atoms with van der Waals surface area (Å²) in [6.45, 7) is 1.33. The number of halogens is 4. The van der Waals surface area contributed by atoms with Gasteiger partial charge in [-0.3, -0.25) is 4.79 Å². The number of rotatable bonds is 3. The van der Waals surface area contributed by atoms with E-state index >= 15 is 0 Å². The van der Waals surface area contributed by atoms with Crippen LogP contribution in [0.5, 0.6) is 5.75 Å². The molecule has 0 aliphatic heterocycles. The first-order valence-electron chi connectivity index (χ1n) is 4.94. The van der Waals surface area contributed by atoms with E-state index in [9.17, 15) is 23.1 Å². The summed E-state index contributed by atoms with van der Waals surface area (Å²) >= 11 is 5.49. The molecule has 0 aliphatic rings. The molecule has 1 aromatic carbocycles. The Kier molecular flexibility index (Phi) is 4.11. The minimum absolute atomic E-state index is 0.135. The molecule has 0 aliphatic carbocycles. The average molecular weight is 283 g/mol. The number of benzene rings is 1. The molecule has 0 spiro atoms. The monoisotopic (exact) mass is 282 g/mol. The van der Waals surface area contributed by atoms with E-state index in [1.54, 1.807) is 0 Å². The van der Waals surface area contributed by atoms with Crippen molar-refractivity contribution in [3.05, 3.63) is 28.3 Å². The van der Waals surface area contributed by atoms with Gasteiger partial charge in [0, 0.05) is 0 Å². The summed E-state index contributed by atoms with van der Waals surface area (Å²) in [5, 5.41) is 17.8. The van der Waals surface area contributed by atoms with Crippen LogP contribution < -0.4 is 0 Å². The maximum absolute atomic E-state index is 12.5. The summed E-state index contributed by atoms with van der Waals surface area (Å²) < 4.78 is 37.6. The van der Waals surface area contributed by atoms with Crippen molar-refractivity contribution in [2.45, 2.75) is 19.5 Å². The Bertz CT molecular complexity index is 471. The number of aliphatic carboxylic acids is 1. The number of hydrogen-bond acceptors (Lipinski definition) is 2. The van der Waals surface area contributed by atoms with E-state index in [2.05, 4.69) is 0 Å². The van der Waals surface area contributed by atoms with Gasteiger partial charge in [0.25, 0.3) is 0 Å². The predicted octanol–water partition coefficient (Wildman–Crippen LogP) is 3.33. The molecule has 100 valence electrons. The van der Waals surface area contributed by atoms with Crippen LogP contribution in [0.25, 0.3) is 0 Å². The molecule has 0 radical (unpaired) electrons. The molecule has 0 aromatic heterocycles. The summed E-state index contributed by atoms with van der Waals surface area (Å²) in [7, 11) is 0. The van der Waals surface area contributed by atoms with Crippen molar-refractivity contribution >= 4 is 17.6 Å². The van der Waals surface area contributed by atoms with Crippen molar-refractivity contribution in [1.29, 1.82) is 0 Å². The van der Waals surface area contributed by atoms with Gasteiger partial charge < -0.3 is 10.2 Å². The fraction of sp³-hybridized carbons (Fsp3) is 0.364. The van der Waals surface area contributed by atoms with Gasteiger partial charge in [0.15, 0.2) is 0 Å². The summed E-state index contributed by atoms with van der Waals surface area (Å²) in [5.74, 6) is -2.60. The van der Waals surface area contributed by atoms with E-state index in [-0.39, 0.29) is 12.0 Å². The van der Waals surface area contributed by atoms with Crippen LogP contribution in [0, 0.1) is 5.92 Å². The molecular weight excluding hydrogens is 273 g/mol. The topological polar surface area (TPSA) is 57.5 Å². The lowest BCUT2D eigenvalue weighted by molar-refractivity contribution is -0.141. The second kappa shape index (κ2) is 5.06. The predicted molar refractivity (Wildman–Crippen MR) is 58.6 cm³/mol. The number of aromatic hydroxyl groups is 1. The minimum atomic E-state index is -4.60. The number of phenols is 1. The highest BCUT2D eigenvalue weighted by Crippen LogP contribution is 2.37. The Balaban J connectivity index is 3.19. The first kappa shape index (κ1) is 14.6. The first-order valence-corrected chi connectivity index (χ1v) is 5.32. The van der Waals surface area contributed by atoms with Crippen molar-refractivity contribution < 1.29 is 28.2 Å². The van der Waals surface area contributed by atoms with Crippen LogP contribution in [0.3, 0.4) is 0 Å². The van der Waals surface area contributed by atoms with Gasteiger partial charge in [-0.15, -0.1) is 0 Å². The summed E-state index contributed by atoms with van der Waals surface area (Å²) in [4.78, 5) is 10.6. The summed E-state index contributed by atoms with van der Waals surface area (Å²) in [5.41, 5.74) is -1.15. The zero-order valence-corrected chi connectivity index (χ0v) is 10.0. The second-order valence-corrected chi connectivity index (χ2v) is 4.31. The Labute approximate surface area is 106 Å². The normalized spacial score (nSPS) is 13.4. The number of alkyl halides is 3. The number of hydrogen-bond donors (Lipinski definition) is 2. The van der Waals surface area contributed by atoms with E-state index in [1.165, 1.54) is 6.92 Å². The highest BCUT2D eigenvalue weighted by molar-refractivity contribution is 6.32. The Hall–Kier alpha value is -1.43. The fourth-order valence-corrected chi connectivity index (χ4v) is 1.63. The minimum Gasteiger partial charge on any atom is -0.506 e. The highest BCUT2D eigenvalue weighted by atomic mass is 35.5. The molecule has 0 amide bonds.